The van der Waals surface area contributed by atoms with Crippen molar-refractivity contribution in [1.82, 2.24) is 0 Å². The lowest BCUT2D eigenvalue weighted by atomic mass is 9.82. The average molecular weight is 357 g/mol. The summed E-state index contributed by atoms with van der Waals surface area (Å²) in [6.45, 7) is 7.60. The molecule has 1 fully saturated rings. The highest BCUT2D eigenvalue weighted by Crippen LogP contribution is 2.45. The topological polar surface area (TPSA) is 50.7 Å². The molecule has 0 aliphatic carbocycles. The second-order valence-corrected chi connectivity index (χ2v) is 8.01. The minimum absolute atomic E-state index is 0.0387. The number of aromatic hydroxyl groups is 1. The second-order valence-electron chi connectivity index (χ2n) is 8.01. The molecule has 26 heavy (non-hydrogen) atoms. The Kier molecular flexibility index (Phi) is 4.16. The Labute approximate surface area is 152 Å². The zero-order chi connectivity index (χ0) is 18.5. The molecule has 2 aliphatic heterocycles. The van der Waals surface area contributed by atoms with E-state index in [9.17, 15) is 9.50 Å². The third kappa shape index (κ3) is 2.95. The fourth-order valence-corrected chi connectivity index (χ4v) is 3.71. The third-order valence-corrected chi connectivity index (χ3v) is 5.18. The van der Waals surface area contributed by atoms with Gasteiger partial charge in [0.05, 0.1) is 19.3 Å². The highest BCUT2D eigenvalue weighted by molar-refractivity contribution is 5.59. The van der Waals surface area contributed by atoms with Gasteiger partial charge < -0.3 is 19.9 Å². The van der Waals surface area contributed by atoms with E-state index in [4.69, 9.17) is 9.47 Å². The zero-order valence-electron chi connectivity index (χ0n) is 15.3. The van der Waals surface area contributed by atoms with Crippen molar-refractivity contribution in [3.63, 3.8) is 0 Å². The number of phenols is 1. The van der Waals surface area contributed by atoms with Crippen LogP contribution in [0.5, 0.6) is 5.75 Å². The van der Waals surface area contributed by atoms with E-state index in [0.29, 0.717) is 13.2 Å². The first-order valence-corrected chi connectivity index (χ1v) is 8.97. The Morgan fingerprint density at radius 3 is 2.58 bits per heavy atom. The first kappa shape index (κ1) is 17.3. The quantitative estimate of drug-likeness (QED) is 0.792. The summed E-state index contributed by atoms with van der Waals surface area (Å²) in [6, 6.07) is 10.6. The molecule has 1 saturated heterocycles. The predicted octanol–water partition coefficient (Wildman–Crippen LogP) is 4.45. The van der Waals surface area contributed by atoms with Gasteiger partial charge in [0.1, 0.15) is 12.2 Å². The van der Waals surface area contributed by atoms with Crippen LogP contribution in [0.3, 0.4) is 0 Å². The van der Waals surface area contributed by atoms with Gasteiger partial charge in [-0.15, -0.1) is 0 Å². The van der Waals surface area contributed by atoms with Gasteiger partial charge in [-0.2, -0.15) is 0 Å². The summed E-state index contributed by atoms with van der Waals surface area (Å²) in [4.78, 5) is 0. The number of nitrogens with one attached hydrogen (secondary N) is 1. The molecule has 0 bridgehead atoms. The third-order valence-electron chi connectivity index (χ3n) is 5.18. The van der Waals surface area contributed by atoms with Crippen molar-refractivity contribution < 1.29 is 19.0 Å². The van der Waals surface area contributed by atoms with Crippen molar-refractivity contribution in [3.8, 4) is 5.75 Å². The highest BCUT2D eigenvalue weighted by atomic mass is 19.1. The molecule has 4 nitrogen and oxygen atoms in total. The fourth-order valence-electron chi connectivity index (χ4n) is 3.71. The van der Waals surface area contributed by atoms with Gasteiger partial charge in [0.15, 0.2) is 11.6 Å². The van der Waals surface area contributed by atoms with Crippen molar-refractivity contribution in [2.75, 3.05) is 18.5 Å². The maximum absolute atomic E-state index is 13.9. The molecule has 2 heterocycles. The first-order valence-electron chi connectivity index (χ1n) is 8.97. The van der Waals surface area contributed by atoms with Gasteiger partial charge in [-0.05, 0) is 34.7 Å². The lowest BCUT2D eigenvalue weighted by molar-refractivity contribution is -0.151. The van der Waals surface area contributed by atoms with E-state index in [2.05, 4.69) is 44.3 Å². The number of hydrogen-bond acceptors (Lipinski definition) is 4. The largest absolute Gasteiger partial charge is 0.505 e. The number of rotatable bonds is 1. The normalized spacial score (nSPS) is 25.2. The maximum Gasteiger partial charge on any atom is 0.165 e. The average Bonchev–Trinajstić information content (AvgIpc) is 2.62. The Morgan fingerprint density at radius 1 is 1.08 bits per heavy atom. The lowest BCUT2D eigenvalue weighted by Gasteiger charge is -2.43. The second kappa shape index (κ2) is 6.25. The first-order chi connectivity index (χ1) is 12.3. The summed E-state index contributed by atoms with van der Waals surface area (Å²) in [5, 5.41) is 13.0. The molecule has 2 aromatic carbocycles. The molecule has 5 heteroatoms. The van der Waals surface area contributed by atoms with Crippen LogP contribution in [0.25, 0.3) is 0 Å². The van der Waals surface area contributed by atoms with Gasteiger partial charge >= 0.3 is 0 Å². The van der Waals surface area contributed by atoms with E-state index in [0.717, 1.165) is 16.8 Å². The number of anilines is 1. The van der Waals surface area contributed by atoms with Crippen LogP contribution < -0.4 is 5.32 Å². The zero-order valence-corrected chi connectivity index (χ0v) is 15.3. The van der Waals surface area contributed by atoms with Crippen molar-refractivity contribution >= 4 is 5.69 Å². The van der Waals surface area contributed by atoms with Crippen LogP contribution in [0.2, 0.25) is 0 Å². The molecule has 0 radical (unpaired) electrons. The lowest BCUT2D eigenvalue weighted by Crippen LogP contribution is -2.43. The maximum atomic E-state index is 13.9. The molecule has 1 unspecified atom stereocenters. The van der Waals surface area contributed by atoms with E-state index in [1.165, 1.54) is 17.7 Å². The van der Waals surface area contributed by atoms with Gasteiger partial charge in [0.25, 0.3) is 0 Å². The Hall–Kier alpha value is -2.11. The Balaban J connectivity index is 1.77. The standard InChI is InChI=1S/C21H24FNO3/c1-21(2,3)13-5-6-16-14(11-13)19-20(26-9-8-25-19)18(23-16)12-4-7-17(24)15(22)10-12/h4-7,10-11,18-20,23-24H,8-9H2,1-3H3/t18?,19-,20+/m1/s1. The van der Waals surface area contributed by atoms with Gasteiger partial charge in [-0.25, -0.2) is 4.39 Å². The summed E-state index contributed by atoms with van der Waals surface area (Å²) in [5.74, 6) is -0.983. The molecule has 3 atom stereocenters. The van der Waals surface area contributed by atoms with E-state index >= 15 is 0 Å². The fraction of sp³-hybridized carbons (Fsp3) is 0.429. The SMILES string of the molecule is CC(C)(C)c1ccc2c(c1)[C@H]1OCCO[C@H]1C(c1ccc(O)c(F)c1)N2. The molecular weight excluding hydrogens is 333 g/mol. The van der Waals surface area contributed by atoms with Gasteiger partial charge in [-0.3, -0.25) is 0 Å². The van der Waals surface area contributed by atoms with Crippen LogP contribution in [0.4, 0.5) is 10.1 Å². The summed E-state index contributed by atoms with van der Waals surface area (Å²) in [7, 11) is 0. The van der Waals surface area contributed by atoms with Gasteiger partial charge in [0, 0.05) is 11.3 Å². The summed E-state index contributed by atoms with van der Waals surface area (Å²) in [6.07, 6.45) is -0.459. The number of hydrogen-bond donors (Lipinski definition) is 2. The van der Waals surface area contributed by atoms with Crippen molar-refractivity contribution in [2.45, 2.75) is 44.4 Å². The molecule has 0 amide bonds. The Morgan fingerprint density at radius 2 is 1.85 bits per heavy atom. The smallest absolute Gasteiger partial charge is 0.165 e. The molecule has 2 aromatic rings. The monoisotopic (exact) mass is 357 g/mol. The Bertz CT molecular complexity index is 830. The van der Waals surface area contributed by atoms with Crippen LogP contribution in [-0.2, 0) is 14.9 Å². The van der Waals surface area contributed by atoms with Crippen LogP contribution in [0.1, 0.15) is 49.6 Å². The van der Waals surface area contributed by atoms with E-state index in [1.807, 2.05) is 0 Å². The molecule has 0 aromatic heterocycles. The number of phenolic OH excluding ortho intramolecular Hbond substituents is 1. The predicted molar refractivity (Wildman–Crippen MR) is 98.0 cm³/mol. The van der Waals surface area contributed by atoms with Crippen LogP contribution in [-0.4, -0.2) is 24.4 Å². The molecule has 138 valence electrons. The van der Waals surface area contributed by atoms with Crippen molar-refractivity contribution in [2.24, 2.45) is 0 Å². The highest BCUT2D eigenvalue weighted by Gasteiger charge is 2.41. The summed E-state index contributed by atoms with van der Waals surface area (Å²) < 4.78 is 26.0. The molecular formula is C21H24FNO3. The van der Waals surface area contributed by atoms with Crippen molar-refractivity contribution in [1.29, 1.82) is 0 Å². The summed E-state index contributed by atoms with van der Waals surface area (Å²) in [5.41, 5.74) is 4.06. The van der Waals surface area contributed by atoms with Gasteiger partial charge in [0.2, 0.25) is 0 Å². The van der Waals surface area contributed by atoms with Crippen LogP contribution in [0, 0.1) is 5.82 Å². The molecule has 2 aliphatic rings. The van der Waals surface area contributed by atoms with Crippen molar-refractivity contribution in [3.05, 3.63) is 58.9 Å². The van der Waals surface area contributed by atoms with E-state index in [-0.39, 0.29) is 29.4 Å². The minimum Gasteiger partial charge on any atom is -0.505 e. The summed E-state index contributed by atoms with van der Waals surface area (Å²) >= 11 is 0. The number of fused-ring (bicyclic) bond motifs is 3. The molecule has 0 saturated carbocycles. The number of benzene rings is 2. The van der Waals surface area contributed by atoms with E-state index < -0.39 is 5.82 Å². The number of ether oxygens (including phenoxy) is 2. The molecule has 0 spiro atoms. The van der Waals surface area contributed by atoms with Crippen LogP contribution in [0.15, 0.2) is 36.4 Å². The molecule has 4 rings (SSSR count). The molecule has 2 N–H and O–H groups in total. The number of halogens is 1. The minimum atomic E-state index is -0.633. The van der Waals surface area contributed by atoms with E-state index in [1.54, 1.807) is 6.07 Å². The van der Waals surface area contributed by atoms with Crippen LogP contribution >= 0.6 is 0 Å². The van der Waals surface area contributed by atoms with Gasteiger partial charge in [-0.1, -0.05) is 39.0 Å².